The van der Waals surface area contributed by atoms with Gasteiger partial charge in [-0.3, -0.25) is 0 Å². The van der Waals surface area contributed by atoms with Crippen LogP contribution < -0.4 is 0 Å². The Balaban J connectivity index is 0.00000650. The molecule has 1 aliphatic heterocycles. The molecule has 1 heterocycles. The molecule has 0 aromatic heterocycles. The SMILES string of the molecule is C#CC#CC#CC#CC#CC#CC#CC#CC#CC#CC#C[N+]1=C(/C=C/C=C/[N-]c2ccccc2)C(C)(C)c2c1ccc1ccccc21.[Ac]. The molecule has 0 aliphatic carbocycles. The van der Waals surface area contributed by atoms with Crippen molar-refractivity contribution < 1.29 is 48.6 Å². The van der Waals surface area contributed by atoms with Crippen molar-refractivity contribution in [2.45, 2.75) is 19.3 Å². The maximum absolute atomic E-state index is 4.97. The first kappa shape index (κ1) is 36.9. The molecule has 2 nitrogen and oxygen atoms in total. The molecule has 0 N–H and O–H groups in total. The standard InChI is InChI=1S/C46H22N2.Ac/c1-4-5-6-7-8-9-10-11-12-13-14-15-16-17-18-19-20-21-22-30-39-48-43-37-36-40-31-26-27-34-42(40)45(43)46(2,3)44(48)35-28-29-38-47-41-32-24-23-25-33-41;/h1,23-29,31-38H,2-3H3;. The molecule has 49 heavy (non-hydrogen) atoms. The summed E-state index contributed by atoms with van der Waals surface area (Å²) in [5.74, 6) is 51.2. The second-order valence-corrected chi connectivity index (χ2v) is 9.82. The van der Waals surface area contributed by atoms with Crippen LogP contribution in [0.3, 0.4) is 0 Å². The fourth-order valence-electron chi connectivity index (χ4n) is 4.53. The van der Waals surface area contributed by atoms with Gasteiger partial charge >= 0.3 is 0 Å². The van der Waals surface area contributed by atoms with E-state index in [1.165, 1.54) is 16.3 Å². The van der Waals surface area contributed by atoms with Gasteiger partial charge in [0, 0.05) is 127 Å². The fraction of sp³-hybridized carbons (Fsp3) is 0.0652. The van der Waals surface area contributed by atoms with Gasteiger partial charge in [0.2, 0.25) is 17.4 Å². The van der Waals surface area contributed by atoms with E-state index in [1.807, 2.05) is 47.1 Å². The molecular formula is C46H22AcN2. The van der Waals surface area contributed by atoms with Crippen LogP contribution in [0.15, 0.2) is 91.2 Å². The van der Waals surface area contributed by atoms with Gasteiger partial charge < -0.3 is 5.32 Å². The molecule has 0 amide bonds. The summed E-state index contributed by atoms with van der Waals surface area (Å²) >= 11 is 0. The van der Waals surface area contributed by atoms with Crippen LogP contribution in [0.1, 0.15) is 19.4 Å². The molecule has 3 aromatic rings. The largest absolute Gasteiger partial charge is 0.664 e. The molecule has 0 bridgehead atoms. The third-order valence-electron chi connectivity index (χ3n) is 6.45. The summed E-state index contributed by atoms with van der Waals surface area (Å²) < 4.78 is 2.00. The van der Waals surface area contributed by atoms with E-state index in [9.17, 15) is 0 Å². The molecule has 1 aliphatic rings. The number of rotatable bonds is 4. The number of hydrogen-bond acceptors (Lipinski definition) is 0. The van der Waals surface area contributed by atoms with E-state index in [0.29, 0.717) is 0 Å². The van der Waals surface area contributed by atoms with Crippen molar-refractivity contribution in [3.8, 4) is 131 Å². The van der Waals surface area contributed by atoms with Gasteiger partial charge in [0.25, 0.3) is 0 Å². The summed E-state index contributed by atoms with van der Waals surface area (Å²) in [5, 5.41) is 6.86. The Morgan fingerprint density at radius 3 is 1.67 bits per heavy atom. The molecule has 0 saturated carbocycles. The normalized spacial score (nSPS) is 10.4. The maximum atomic E-state index is 4.97. The predicted molar refractivity (Wildman–Crippen MR) is 196 cm³/mol. The number of fused-ring (bicyclic) bond motifs is 3. The van der Waals surface area contributed by atoms with Crippen LogP contribution in [-0.4, -0.2) is 10.3 Å². The molecule has 0 atom stereocenters. The Morgan fingerprint density at radius 2 is 1.10 bits per heavy atom. The second-order valence-electron chi connectivity index (χ2n) is 9.82. The first-order valence-corrected chi connectivity index (χ1v) is 14.4. The summed E-state index contributed by atoms with van der Waals surface area (Å²) in [6.45, 7) is 4.42. The first-order valence-electron chi connectivity index (χ1n) is 14.4. The molecule has 219 valence electrons. The summed E-state index contributed by atoms with van der Waals surface area (Å²) in [7, 11) is 0. The molecule has 0 fully saturated rings. The summed E-state index contributed by atoms with van der Waals surface area (Å²) in [5.41, 5.74) is 3.86. The maximum Gasteiger partial charge on any atom is 0.243 e. The van der Waals surface area contributed by atoms with Crippen LogP contribution in [0.2, 0.25) is 0 Å². The van der Waals surface area contributed by atoms with Crippen LogP contribution in [-0.2, 0) is 5.41 Å². The zero-order chi connectivity index (χ0) is 33.7. The van der Waals surface area contributed by atoms with E-state index >= 15 is 0 Å². The number of allylic oxidation sites excluding steroid dienone is 3. The Hall–Kier alpha value is -6.53. The van der Waals surface area contributed by atoms with Crippen LogP contribution >= 0.6 is 0 Å². The second kappa shape index (κ2) is 20.6. The quantitative estimate of drug-likeness (QED) is 0.160. The Morgan fingerprint density at radius 1 is 0.592 bits per heavy atom. The van der Waals surface area contributed by atoms with Gasteiger partial charge in [0.15, 0.2) is 0 Å². The molecule has 3 aromatic carbocycles. The van der Waals surface area contributed by atoms with E-state index in [-0.39, 0.29) is 49.5 Å². The third kappa shape index (κ3) is 11.3. The predicted octanol–water partition coefficient (Wildman–Crippen LogP) is 6.62. The third-order valence-corrected chi connectivity index (χ3v) is 6.45. The summed E-state index contributed by atoms with van der Waals surface area (Å²) in [4.78, 5) is 0. The average Bonchev–Trinajstić information content (AvgIpc) is 3.32. The average molecular weight is 830 g/mol. The van der Waals surface area contributed by atoms with Gasteiger partial charge in [0.05, 0.1) is 11.3 Å². The summed E-state index contributed by atoms with van der Waals surface area (Å²) in [6.07, 6.45) is 12.7. The molecule has 0 unspecified atom stereocenters. The minimum absolute atomic E-state index is 0. The Kier molecular flexibility index (Phi) is 15.5. The zero-order valence-electron chi connectivity index (χ0n) is 26.7. The number of para-hydroxylation sites is 1. The van der Waals surface area contributed by atoms with Gasteiger partial charge in [-0.25, -0.2) is 0 Å². The number of nitrogens with zero attached hydrogens (tertiary/aromatic N) is 2. The number of terminal acetylenes is 1. The minimum atomic E-state index is -0.311. The first-order chi connectivity index (χ1) is 23.6. The van der Waals surface area contributed by atoms with Crippen molar-refractivity contribution >= 4 is 27.9 Å². The van der Waals surface area contributed by atoms with Crippen molar-refractivity contribution in [2.75, 3.05) is 0 Å². The molecule has 0 saturated heterocycles. The van der Waals surface area contributed by atoms with Crippen LogP contribution in [0.4, 0.5) is 11.4 Å². The zero-order valence-corrected chi connectivity index (χ0v) is 31.5. The minimum Gasteiger partial charge on any atom is -0.664 e. The number of hydrogen-bond donors (Lipinski definition) is 0. The van der Waals surface area contributed by atoms with E-state index < -0.39 is 0 Å². The van der Waals surface area contributed by atoms with Crippen molar-refractivity contribution in [1.29, 1.82) is 0 Å². The van der Waals surface area contributed by atoms with Crippen LogP contribution in [0, 0.1) is 175 Å². The molecule has 0 spiro atoms. The Bertz CT molecular complexity index is 2560. The molecular weight excluding hydrogens is 808 g/mol. The summed E-state index contributed by atoms with van der Waals surface area (Å²) in [6, 6.07) is 25.7. The van der Waals surface area contributed by atoms with E-state index in [4.69, 9.17) is 6.42 Å². The van der Waals surface area contributed by atoms with E-state index in [2.05, 4.69) is 186 Å². The van der Waals surface area contributed by atoms with Gasteiger partial charge in [-0.05, 0) is 78.0 Å². The van der Waals surface area contributed by atoms with E-state index in [1.54, 1.807) is 6.20 Å². The van der Waals surface area contributed by atoms with Crippen molar-refractivity contribution in [3.63, 3.8) is 0 Å². The van der Waals surface area contributed by atoms with Gasteiger partial charge in [-0.2, -0.15) is 6.20 Å². The van der Waals surface area contributed by atoms with Gasteiger partial charge in [-0.15, -0.1) is 16.7 Å². The topological polar surface area (TPSA) is 17.1 Å². The van der Waals surface area contributed by atoms with Crippen molar-refractivity contribution in [3.05, 3.63) is 102 Å². The molecule has 3 heteroatoms. The van der Waals surface area contributed by atoms with Crippen molar-refractivity contribution in [1.82, 2.24) is 0 Å². The van der Waals surface area contributed by atoms with Crippen molar-refractivity contribution in [2.24, 2.45) is 0 Å². The molecule has 4 rings (SSSR count). The van der Waals surface area contributed by atoms with E-state index in [0.717, 1.165) is 17.1 Å². The smallest absolute Gasteiger partial charge is 0.243 e. The van der Waals surface area contributed by atoms with Crippen LogP contribution in [0.25, 0.3) is 16.1 Å². The number of benzene rings is 3. The fourth-order valence-corrected chi connectivity index (χ4v) is 4.53. The monoisotopic (exact) mass is 829 g/mol. The van der Waals surface area contributed by atoms with Gasteiger partial charge in [-0.1, -0.05) is 66.7 Å². The van der Waals surface area contributed by atoms with Crippen LogP contribution in [0.5, 0.6) is 0 Å². The molecule has 1 radical (unpaired) electrons. The van der Waals surface area contributed by atoms with Gasteiger partial charge in [0.1, 0.15) is 0 Å². The Labute approximate surface area is 325 Å².